The Morgan fingerprint density at radius 1 is 1.06 bits per heavy atom. The number of rotatable bonds is 5. The molecular weight excluding hydrogens is 238 g/mol. The molecule has 1 aromatic heterocycles. The number of nitrogens with one attached hydrogen (secondary N) is 1. The smallest absolute Gasteiger partial charge is 0.0493 e. The fourth-order valence-corrected chi connectivity index (χ4v) is 2.75. The van der Waals surface area contributed by atoms with Crippen LogP contribution in [0.3, 0.4) is 0 Å². The number of thiophene rings is 1. The topological polar surface area (TPSA) is 12.0 Å². The van der Waals surface area contributed by atoms with Crippen LogP contribution in [-0.2, 0) is 0 Å². The lowest BCUT2D eigenvalue weighted by Crippen LogP contribution is -2.05. The summed E-state index contributed by atoms with van der Waals surface area (Å²) in [6.45, 7) is 6.70. The minimum atomic E-state index is 0.366. The van der Waals surface area contributed by atoms with Crippen LogP contribution in [0.15, 0.2) is 41.1 Å². The van der Waals surface area contributed by atoms with E-state index >= 15 is 0 Å². The Hall–Kier alpha value is -1.28. The Morgan fingerprint density at radius 3 is 2.33 bits per heavy atom. The van der Waals surface area contributed by atoms with Gasteiger partial charge in [0.05, 0.1) is 0 Å². The largest absolute Gasteiger partial charge is 0.378 e. The summed E-state index contributed by atoms with van der Waals surface area (Å²) < 4.78 is 0. The van der Waals surface area contributed by atoms with Gasteiger partial charge in [0.15, 0.2) is 0 Å². The van der Waals surface area contributed by atoms with Crippen molar-refractivity contribution in [2.24, 2.45) is 0 Å². The highest BCUT2D eigenvalue weighted by Crippen LogP contribution is 2.24. The van der Waals surface area contributed by atoms with Crippen LogP contribution in [0.1, 0.15) is 50.3 Å². The highest BCUT2D eigenvalue weighted by molar-refractivity contribution is 7.07. The zero-order valence-corrected chi connectivity index (χ0v) is 12.1. The maximum atomic E-state index is 3.54. The van der Waals surface area contributed by atoms with Gasteiger partial charge < -0.3 is 5.32 Å². The van der Waals surface area contributed by atoms with Gasteiger partial charge in [0.25, 0.3) is 0 Å². The summed E-state index contributed by atoms with van der Waals surface area (Å²) in [6.07, 6.45) is 1.19. The molecule has 1 nitrogen and oxygen atoms in total. The van der Waals surface area contributed by atoms with Gasteiger partial charge in [0.1, 0.15) is 0 Å². The molecule has 96 valence electrons. The molecule has 1 heterocycles. The average molecular weight is 259 g/mol. The predicted octanol–water partition coefficient (Wildman–Crippen LogP) is 5.43. The second-order valence-corrected chi connectivity index (χ2v) is 5.63. The second-order valence-electron chi connectivity index (χ2n) is 4.85. The van der Waals surface area contributed by atoms with Gasteiger partial charge >= 0.3 is 0 Å². The summed E-state index contributed by atoms with van der Waals surface area (Å²) in [7, 11) is 0. The van der Waals surface area contributed by atoms with Gasteiger partial charge in [-0.3, -0.25) is 0 Å². The molecule has 0 aliphatic carbocycles. The van der Waals surface area contributed by atoms with E-state index < -0.39 is 0 Å². The zero-order valence-electron chi connectivity index (χ0n) is 11.3. The van der Waals surface area contributed by atoms with E-state index in [1.807, 2.05) is 0 Å². The van der Waals surface area contributed by atoms with Gasteiger partial charge in [-0.25, -0.2) is 0 Å². The second kappa shape index (κ2) is 6.05. The molecule has 0 bridgehead atoms. The molecule has 0 spiro atoms. The summed E-state index contributed by atoms with van der Waals surface area (Å²) in [6, 6.07) is 11.4. The third-order valence-corrected chi connectivity index (χ3v) is 4.22. The minimum absolute atomic E-state index is 0.366. The number of hydrogen-bond donors (Lipinski definition) is 1. The molecule has 2 atom stereocenters. The van der Waals surface area contributed by atoms with Crippen LogP contribution in [0.4, 0.5) is 5.69 Å². The van der Waals surface area contributed by atoms with Crippen LogP contribution < -0.4 is 5.32 Å². The van der Waals surface area contributed by atoms with E-state index in [4.69, 9.17) is 0 Å². The van der Waals surface area contributed by atoms with Gasteiger partial charge in [-0.15, -0.1) is 0 Å². The Morgan fingerprint density at radius 2 is 1.78 bits per heavy atom. The van der Waals surface area contributed by atoms with Crippen LogP contribution in [0, 0.1) is 0 Å². The summed E-state index contributed by atoms with van der Waals surface area (Å²) in [4.78, 5) is 0. The molecule has 0 aliphatic heterocycles. The number of anilines is 1. The van der Waals surface area contributed by atoms with Gasteiger partial charge in [0.2, 0.25) is 0 Å². The maximum absolute atomic E-state index is 3.54. The molecule has 2 unspecified atom stereocenters. The van der Waals surface area contributed by atoms with Crippen molar-refractivity contribution in [3.05, 3.63) is 52.2 Å². The summed E-state index contributed by atoms with van der Waals surface area (Å²) >= 11 is 1.75. The van der Waals surface area contributed by atoms with E-state index in [9.17, 15) is 0 Å². The van der Waals surface area contributed by atoms with Crippen molar-refractivity contribution in [2.45, 2.75) is 39.2 Å². The third kappa shape index (κ3) is 3.14. The average Bonchev–Trinajstić information content (AvgIpc) is 2.92. The van der Waals surface area contributed by atoms with Crippen LogP contribution in [0.2, 0.25) is 0 Å². The lowest BCUT2D eigenvalue weighted by Gasteiger charge is -2.15. The van der Waals surface area contributed by atoms with E-state index in [0.29, 0.717) is 12.0 Å². The molecule has 0 fully saturated rings. The van der Waals surface area contributed by atoms with Crippen molar-refractivity contribution < 1.29 is 0 Å². The maximum Gasteiger partial charge on any atom is 0.0493 e. The molecule has 0 amide bonds. The highest BCUT2D eigenvalue weighted by Gasteiger charge is 2.06. The molecule has 1 aromatic carbocycles. The standard InChI is InChI=1S/C16H21NS/c1-4-12(2)14-5-7-16(8-6-14)17-13(3)15-9-10-18-11-15/h5-13,17H,4H2,1-3H3. The van der Waals surface area contributed by atoms with E-state index in [1.54, 1.807) is 11.3 Å². The molecule has 0 saturated heterocycles. The third-order valence-electron chi connectivity index (χ3n) is 3.52. The van der Waals surface area contributed by atoms with E-state index in [-0.39, 0.29) is 0 Å². The molecule has 18 heavy (non-hydrogen) atoms. The predicted molar refractivity (Wildman–Crippen MR) is 81.5 cm³/mol. The molecule has 2 heteroatoms. The van der Waals surface area contributed by atoms with Crippen LogP contribution in [0.5, 0.6) is 0 Å². The Kier molecular flexibility index (Phi) is 4.43. The van der Waals surface area contributed by atoms with Gasteiger partial charge in [-0.1, -0.05) is 26.0 Å². The summed E-state index contributed by atoms with van der Waals surface area (Å²) in [5, 5.41) is 7.86. The first kappa shape index (κ1) is 13.2. The van der Waals surface area contributed by atoms with Crippen molar-refractivity contribution >= 4 is 17.0 Å². The normalized spacial score (nSPS) is 14.2. The van der Waals surface area contributed by atoms with Gasteiger partial charge in [-0.05, 0) is 59.3 Å². The van der Waals surface area contributed by atoms with E-state index in [1.165, 1.54) is 23.2 Å². The van der Waals surface area contributed by atoms with Crippen LogP contribution in [0.25, 0.3) is 0 Å². The summed E-state index contributed by atoms with van der Waals surface area (Å²) in [5.41, 5.74) is 3.97. The van der Waals surface area contributed by atoms with Crippen LogP contribution in [-0.4, -0.2) is 0 Å². The monoisotopic (exact) mass is 259 g/mol. The van der Waals surface area contributed by atoms with Crippen molar-refractivity contribution in [1.29, 1.82) is 0 Å². The highest BCUT2D eigenvalue weighted by atomic mass is 32.1. The SMILES string of the molecule is CCC(C)c1ccc(NC(C)c2ccsc2)cc1. The summed E-state index contributed by atoms with van der Waals surface area (Å²) in [5.74, 6) is 0.647. The van der Waals surface area contributed by atoms with E-state index in [2.05, 4.69) is 67.2 Å². The van der Waals surface area contributed by atoms with Crippen LogP contribution >= 0.6 is 11.3 Å². The fourth-order valence-electron chi connectivity index (χ4n) is 2.00. The molecule has 0 saturated carbocycles. The lowest BCUT2D eigenvalue weighted by atomic mass is 9.98. The van der Waals surface area contributed by atoms with Crippen molar-refractivity contribution in [3.8, 4) is 0 Å². The van der Waals surface area contributed by atoms with Gasteiger partial charge in [0, 0.05) is 11.7 Å². The number of hydrogen-bond acceptors (Lipinski definition) is 2. The first-order chi connectivity index (χ1) is 8.70. The molecule has 0 radical (unpaired) electrons. The van der Waals surface area contributed by atoms with Crippen molar-refractivity contribution in [3.63, 3.8) is 0 Å². The molecule has 0 aliphatic rings. The van der Waals surface area contributed by atoms with E-state index in [0.717, 1.165) is 0 Å². The Bertz CT molecular complexity index is 458. The molecule has 2 aromatic rings. The Labute approximate surface area is 114 Å². The number of benzene rings is 1. The lowest BCUT2D eigenvalue weighted by molar-refractivity contribution is 0.733. The Balaban J connectivity index is 2.02. The molecule has 1 N–H and O–H groups in total. The van der Waals surface area contributed by atoms with Crippen molar-refractivity contribution in [2.75, 3.05) is 5.32 Å². The van der Waals surface area contributed by atoms with Crippen molar-refractivity contribution in [1.82, 2.24) is 0 Å². The fraction of sp³-hybridized carbons (Fsp3) is 0.375. The van der Waals surface area contributed by atoms with Gasteiger partial charge in [-0.2, -0.15) is 11.3 Å². The molecular formula is C16H21NS. The zero-order chi connectivity index (χ0) is 13.0. The molecule has 2 rings (SSSR count). The first-order valence-electron chi connectivity index (χ1n) is 6.59. The quantitative estimate of drug-likeness (QED) is 0.754. The minimum Gasteiger partial charge on any atom is -0.378 e. The first-order valence-corrected chi connectivity index (χ1v) is 7.53.